The summed E-state index contributed by atoms with van der Waals surface area (Å²) >= 11 is 6.42. The molecule has 9 heteroatoms. The molecule has 0 spiro atoms. The summed E-state index contributed by atoms with van der Waals surface area (Å²) in [4.78, 5) is 25.7. The van der Waals surface area contributed by atoms with E-state index in [9.17, 15) is 14.7 Å². The number of hydrogen-bond acceptors (Lipinski definition) is 6. The van der Waals surface area contributed by atoms with Crippen molar-refractivity contribution in [3.05, 3.63) is 64.6 Å². The topological polar surface area (TPSA) is 66.8 Å². The van der Waals surface area contributed by atoms with Crippen molar-refractivity contribution in [1.29, 1.82) is 0 Å². The fraction of sp³-hybridized carbons (Fsp3) is 0.227. The van der Waals surface area contributed by atoms with Crippen molar-refractivity contribution >= 4 is 105 Å². The van der Waals surface area contributed by atoms with Crippen LogP contribution >= 0.6 is 24.0 Å². The van der Waals surface area contributed by atoms with Crippen LogP contribution in [0.4, 0.5) is 5.69 Å². The second kappa shape index (κ2) is 12.6. The molecule has 2 radical (unpaired) electrons. The minimum absolute atomic E-state index is 0. The molecule has 31 heavy (non-hydrogen) atoms. The molecular formula is C22H21NNa2O4S2. The Morgan fingerprint density at radius 2 is 1.84 bits per heavy atom. The number of ether oxygens (including phenoxy) is 1. The summed E-state index contributed by atoms with van der Waals surface area (Å²) in [6.45, 7) is 7.42. The Morgan fingerprint density at radius 1 is 1.19 bits per heavy atom. The maximum absolute atomic E-state index is 12.2. The van der Waals surface area contributed by atoms with Crippen molar-refractivity contribution in [2.45, 2.75) is 33.3 Å². The molecule has 0 aromatic heterocycles. The number of amides is 1. The van der Waals surface area contributed by atoms with Crippen LogP contribution in [0.1, 0.15) is 41.8 Å². The van der Waals surface area contributed by atoms with E-state index in [1.54, 1.807) is 30.3 Å². The zero-order valence-electron chi connectivity index (χ0n) is 18.2. The predicted octanol–water partition coefficient (Wildman–Crippen LogP) is 4.24. The van der Waals surface area contributed by atoms with Gasteiger partial charge in [-0.3, -0.25) is 14.5 Å². The molecule has 2 aromatic rings. The van der Waals surface area contributed by atoms with E-state index < -0.39 is 0 Å². The van der Waals surface area contributed by atoms with E-state index >= 15 is 0 Å². The van der Waals surface area contributed by atoms with Crippen molar-refractivity contribution in [2.75, 3.05) is 4.90 Å². The van der Waals surface area contributed by atoms with Gasteiger partial charge in [-0.15, -0.1) is 0 Å². The molecule has 0 saturated carbocycles. The van der Waals surface area contributed by atoms with Gasteiger partial charge in [0.15, 0.2) is 10.1 Å². The number of anilines is 1. The molecule has 1 fully saturated rings. The van der Waals surface area contributed by atoms with Gasteiger partial charge in [0.05, 0.1) is 16.2 Å². The van der Waals surface area contributed by atoms with Crippen LogP contribution in [0.5, 0.6) is 11.5 Å². The number of aromatic hydroxyl groups is 1. The molecule has 0 bridgehead atoms. The van der Waals surface area contributed by atoms with Gasteiger partial charge in [-0.1, -0.05) is 50.0 Å². The van der Waals surface area contributed by atoms with E-state index in [1.165, 1.54) is 23.6 Å². The van der Waals surface area contributed by atoms with E-state index in [2.05, 4.69) is 6.58 Å². The number of phenols is 1. The van der Waals surface area contributed by atoms with Crippen LogP contribution < -0.4 is 9.64 Å². The van der Waals surface area contributed by atoms with Crippen LogP contribution in [0.2, 0.25) is 0 Å². The van der Waals surface area contributed by atoms with Crippen molar-refractivity contribution in [1.82, 2.24) is 0 Å². The van der Waals surface area contributed by atoms with Gasteiger partial charge in [-0.2, -0.15) is 0 Å². The minimum atomic E-state index is -0.209. The fourth-order valence-corrected chi connectivity index (χ4v) is 4.26. The molecule has 1 heterocycles. The Hall–Kier alpha value is -0.640. The molecular weight excluding hydrogens is 452 g/mol. The third-order valence-electron chi connectivity index (χ3n) is 4.58. The standard InChI is InChI=1S/C22H21NO4S2.2Na/c1-4-5-19-15(6-11-18(13(2)24)20(19)25)12-27-17-9-7-16(8-10-17)23-21(26)14(3)29-22(23)28;;/h6-11,25H,3-5,12H2,1-2H3;;. The third-order valence-corrected chi connectivity index (χ3v) is 5.79. The smallest absolute Gasteiger partial charge is 0.270 e. The molecule has 5 nitrogen and oxygen atoms in total. The fourth-order valence-electron chi connectivity index (χ4n) is 3.10. The largest absolute Gasteiger partial charge is 0.507 e. The number of thioether (sulfide) groups is 1. The van der Waals surface area contributed by atoms with Gasteiger partial charge in [0.2, 0.25) is 0 Å². The average Bonchev–Trinajstić information content (AvgIpc) is 2.94. The van der Waals surface area contributed by atoms with Gasteiger partial charge in [-0.25, -0.2) is 0 Å². The Bertz CT molecular complexity index is 1010. The van der Waals surface area contributed by atoms with Gasteiger partial charge < -0.3 is 9.84 Å². The first-order chi connectivity index (χ1) is 13.8. The summed E-state index contributed by atoms with van der Waals surface area (Å²) < 4.78 is 6.33. The first-order valence-electron chi connectivity index (χ1n) is 9.16. The van der Waals surface area contributed by atoms with Crippen LogP contribution in [0, 0.1) is 0 Å². The van der Waals surface area contributed by atoms with E-state index in [0.717, 1.165) is 17.5 Å². The SMILES string of the molecule is C=C1SC(=S)N(c2ccc(OCc3ccc(C(C)=O)c(O)c3CCC)cc2)C1=O.[Na].[Na]. The molecule has 1 aliphatic rings. The Balaban J connectivity index is 0.00000240. The Kier molecular flexibility index (Phi) is 11.5. The van der Waals surface area contributed by atoms with Gasteiger partial charge in [-0.05, 0) is 49.2 Å². The summed E-state index contributed by atoms with van der Waals surface area (Å²) in [7, 11) is 0. The van der Waals surface area contributed by atoms with E-state index in [0.29, 0.717) is 32.6 Å². The van der Waals surface area contributed by atoms with Crippen LogP contribution in [0.25, 0.3) is 0 Å². The second-order valence-corrected chi connectivity index (χ2v) is 8.35. The summed E-state index contributed by atoms with van der Waals surface area (Å²) in [5.41, 5.74) is 2.56. The molecule has 0 atom stereocenters. The van der Waals surface area contributed by atoms with Crippen molar-refractivity contribution in [3.8, 4) is 11.5 Å². The van der Waals surface area contributed by atoms with Gasteiger partial charge >= 0.3 is 0 Å². The number of Topliss-reactive ketones (excluding diaryl/α,β-unsaturated/α-hetero) is 1. The normalized spacial score (nSPS) is 13.0. The summed E-state index contributed by atoms with van der Waals surface area (Å²) in [5, 5.41) is 10.5. The Morgan fingerprint density at radius 3 is 2.35 bits per heavy atom. The van der Waals surface area contributed by atoms with Crippen molar-refractivity contribution in [2.24, 2.45) is 0 Å². The quantitative estimate of drug-likeness (QED) is 0.281. The van der Waals surface area contributed by atoms with Gasteiger partial charge in [0, 0.05) is 64.7 Å². The Labute approximate surface area is 236 Å². The number of carbonyl (C=O) groups is 2. The maximum Gasteiger partial charge on any atom is 0.270 e. The second-order valence-electron chi connectivity index (χ2n) is 6.62. The number of benzene rings is 2. The van der Waals surface area contributed by atoms with Crippen molar-refractivity contribution < 1.29 is 19.4 Å². The summed E-state index contributed by atoms with van der Waals surface area (Å²) in [6, 6.07) is 10.5. The maximum atomic E-state index is 12.2. The number of hydrogen-bond donors (Lipinski definition) is 1. The number of ketones is 1. The molecule has 0 unspecified atom stereocenters. The first-order valence-corrected chi connectivity index (χ1v) is 10.4. The van der Waals surface area contributed by atoms with E-state index in [-0.39, 0.29) is 83.2 Å². The molecule has 1 N–H and O–H groups in total. The van der Waals surface area contributed by atoms with Crippen LogP contribution in [0.3, 0.4) is 0 Å². The van der Waals surface area contributed by atoms with Crippen LogP contribution in [-0.4, -0.2) is 80.2 Å². The average molecular weight is 474 g/mol. The third kappa shape index (κ3) is 6.45. The summed E-state index contributed by atoms with van der Waals surface area (Å²) in [6.07, 6.45) is 1.49. The number of phenolic OH excluding ortho intramolecular Hbond substituents is 1. The summed E-state index contributed by atoms with van der Waals surface area (Å²) in [5.74, 6) is 0.280. The molecule has 1 saturated heterocycles. The number of carbonyl (C=O) groups excluding carboxylic acids is 2. The molecule has 152 valence electrons. The minimum Gasteiger partial charge on any atom is -0.507 e. The molecule has 0 aliphatic carbocycles. The predicted molar refractivity (Wildman–Crippen MR) is 131 cm³/mol. The van der Waals surface area contributed by atoms with E-state index in [1.807, 2.05) is 13.0 Å². The molecule has 1 amide bonds. The van der Waals surface area contributed by atoms with Crippen LogP contribution in [-0.2, 0) is 17.8 Å². The van der Waals surface area contributed by atoms with Gasteiger partial charge in [0.25, 0.3) is 5.91 Å². The number of thiocarbonyl (C=S) groups is 1. The zero-order chi connectivity index (χ0) is 21.1. The zero-order valence-corrected chi connectivity index (χ0v) is 23.9. The number of nitrogens with zero attached hydrogens (tertiary/aromatic N) is 1. The number of rotatable bonds is 7. The molecule has 3 rings (SSSR count). The van der Waals surface area contributed by atoms with E-state index in [4.69, 9.17) is 17.0 Å². The van der Waals surface area contributed by atoms with Gasteiger partial charge in [0.1, 0.15) is 18.1 Å². The van der Waals surface area contributed by atoms with Crippen molar-refractivity contribution in [3.63, 3.8) is 0 Å². The molecule has 1 aliphatic heterocycles. The van der Waals surface area contributed by atoms with Crippen LogP contribution in [0.15, 0.2) is 47.9 Å². The molecule has 2 aromatic carbocycles. The monoisotopic (exact) mass is 473 g/mol. The first kappa shape index (κ1) is 28.4.